The molecule has 1 saturated heterocycles. The molecule has 0 spiro atoms. The highest BCUT2D eigenvalue weighted by Gasteiger charge is 2.54. The van der Waals surface area contributed by atoms with Crippen LogP contribution in [0, 0.1) is 11.7 Å². The Bertz CT molecular complexity index is 766. The molecule has 8 heteroatoms. The van der Waals surface area contributed by atoms with Gasteiger partial charge in [-0.05, 0) is 39.0 Å². The third-order valence-corrected chi connectivity index (χ3v) is 5.75. The van der Waals surface area contributed by atoms with Crippen molar-refractivity contribution in [3.8, 4) is 0 Å². The number of hydrogen-bond donors (Lipinski definition) is 1. The number of thioether (sulfide) groups is 1. The van der Waals surface area contributed by atoms with Crippen molar-refractivity contribution >= 4 is 28.5 Å². The summed E-state index contributed by atoms with van der Waals surface area (Å²) in [7, 11) is 0. The second-order valence-electron chi connectivity index (χ2n) is 7.85. The summed E-state index contributed by atoms with van der Waals surface area (Å²) in [6, 6.07) is 4.27. The van der Waals surface area contributed by atoms with E-state index < -0.39 is 35.7 Å². The van der Waals surface area contributed by atoms with Crippen molar-refractivity contribution in [3.05, 3.63) is 29.6 Å². The standard InChI is InChI=1S/C19H24F2N2O3S/c1-18(2,3)26-17(24)7-16-23-19(12-6-11(22)4-5-14(12)21)10-25-15(8-20)13(19)9-27-16/h4-6,13,15H,7-10,22H2,1-3H3/t13-,15-,19-/m1/s1. The largest absolute Gasteiger partial charge is 0.460 e. The molecule has 3 rings (SSSR count). The molecule has 0 aliphatic carbocycles. The van der Waals surface area contributed by atoms with Crippen LogP contribution < -0.4 is 5.73 Å². The number of esters is 1. The summed E-state index contributed by atoms with van der Waals surface area (Å²) in [5.74, 6) is -0.739. The molecule has 2 heterocycles. The lowest BCUT2D eigenvalue weighted by atomic mass is 9.78. The van der Waals surface area contributed by atoms with Crippen molar-refractivity contribution in [1.82, 2.24) is 0 Å². The normalized spacial score (nSPS) is 27.8. The average Bonchev–Trinajstić information content (AvgIpc) is 2.94. The Hall–Kier alpha value is -1.67. The maximum Gasteiger partial charge on any atom is 0.312 e. The van der Waals surface area contributed by atoms with Crippen LogP contribution >= 0.6 is 11.8 Å². The molecule has 3 atom stereocenters. The Balaban J connectivity index is 1.98. The lowest BCUT2D eigenvalue weighted by Gasteiger charge is -2.36. The Morgan fingerprint density at radius 1 is 1.48 bits per heavy atom. The highest BCUT2D eigenvalue weighted by molar-refractivity contribution is 8.14. The van der Waals surface area contributed by atoms with Crippen molar-refractivity contribution < 1.29 is 23.0 Å². The van der Waals surface area contributed by atoms with Gasteiger partial charge in [-0.25, -0.2) is 8.78 Å². The van der Waals surface area contributed by atoms with E-state index >= 15 is 0 Å². The molecular weight excluding hydrogens is 374 g/mol. The van der Waals surface area contributed by atoms with Crippen LogP contribution in [0.3, 0.4) is 0 Å². The molecule has 2 aliphatic heterocycles. The zero-order valence-electron chi connectivity index (χ0n) is 15.6. The van der Waals surface area contributed by atoms with Crippen molar-refractivity contribution in [2.45, 2.75) is 44.4 Å². The number of anilines is 1. The van der Waals surface area contributed by atoms with Crippen LogP contribution in [-0.4, -0.2) is 41.8 Å². The van der Waals surface area contributed by atoms with E-state index in [4.69, 9.17) is 20.2 Å². The number of carbonyl (C=O) groups is 1. The van der Waals surface area contributed by atoms with Gasteiger partial charge in [0.15, 0.2) is 0 Å². The topological polar surface area (TPSA) is 73.9 Å². The zero-order chi connectivity index (χ0) is 19.8. The van der Waals surface area contributed by atoms with Crippen molar-refractivity contribution in [2.75, 3.05) is 24.8 Å². The number of fused-ring (bicyclic) bond motifs is 1. The third kappa shape index (κ3) is 4.11. The maximum absolute atomic E-state index is 14.7. The van der Waals surface area contributed by atoms with Crippen LogP contribution in [0.25, 0.3) is 0 Å². The SMILES string of the molecule is CC(C)(C)OC(=O)CC1=N[C@@]2(c3cc(N)ccc3F)CO[C@H](CF)[C@H]2CS1. The summed E-state index contributed by atoms with van der Waals surface area (Å²) < 4.78 is 39.1. The molecule has 1 aromatic carbocycles. The third-order valence-electron chi connectivity index (χ3n) is 4.66. The average molecular weight is 398 g/mol. The Morgan fingerprint density at radius 3 is 2.89 bits per heavy atom. The van der Waals surface area contributed by atoms with Crippen LogP contribution in [0.2, 0.25) is 0 Å². The Kier molecular flexibility index (Phi) is 5.49. The summed E-state index contributed by atoms with van der Waals surface area (Å²) in [6.07, 6.45) is -0.675. The number of nitrogen functional groups attached to an aromatic ring is 1. The lowest BCUT2D eigenvalue weighted by molar-refractivity contribution is -0.153. The molecule has 1 aromatic rings. The quantitative estimate of drug-likeness (QED) is 0.621. The van der Waals surface area contributed by atoms with Gasteiger partial charge in [0.2, 0.25) is 0 Å². The van der Waals surface area contributed by atoms with Crippen LogP contribution in [0.15, 0.2) is 23.2 Å². The first kappa shape index (κ1) is 20.1. The second kappa shape index (κ2) is 7.39. The molecule has 0 bridgehead atoms. The van der Waals surface area contributed by atoms with Gasteiger partial charge in [-0.15, -0.1) is 11.8 Å². The van der Waals surface area contributed by atoms with Gasteiger partial charge in [0.25, 0.3) is 0 Å². The Labute approximate surface area is 161 Å². The van der Waals surface area contributed by atoms with Crippen LogP contribution in [0.4, 0.5) is 14.5 Å². The summed E-state index contributed by atoms with van der Waals surface area (Å²) in [6.45, 7) is 4.74. The number of carbonyl (C=O) groups excluding carboxylic acids is 1. The zero-order valence-corrected chi connectivity index (χ0v) is 16.4. The molecule has 0 saturated carbocycles. The summed E-state index contributed by atoms with van der Waals surface area (Å²) in [4.78, 5) is 16.9. The summed E-state index contributed by atoms with van der Waals surface area (Å²) >= 11 is 1.37. The molecule has 0 amide bonds. The minimum atomic E-state index is -1.08. The molecule has 2 N–H and O–H groups in total. The van der Waals surface area contributed by atoms with Crippen molar-refractivity contribution in [3.63, 3.8) is 0 Å². The molecule has 0 aromatic heterocycles. The lowest BCUT2D eigenvalue weighted by Crippen LogP contribution is -2.42. The van der Waals surface area contributed by atoms with E-state index in [9.17, 15) is 13.6 Å². The maximum atomic E-state index is 14.7. The van der Waals surface area contributed by atoms with Gasteiger partial charge in [-0.3, -0.25) is 9.79 Å². The number of rotatable bonds is 4. The number of halogens is 2. The minimum Gasteiger partial charge on any atom is -0.460 e. The van der Waals surface area contributed by atoms with Crippen molar-refractivity contribution in [2.24, 2.45) is 10.9 Å². The van der Waals surface area contributed by atoms with Gasteiger partial charge in [0, 0.05) is 22.9 Å². The van der Waals surface area contributed by atoms with Crippen LogP contribution in [-0.2, 0) is 19.8 Å². The fourth-order valence-corrected chi connectivity index (χ4v) is 4.83. The van der Waals surface area contributed by atoms with Crippen LogP contribution in [0.5, 0.6) is 0 Å². The van der Waals surface area contributed by atoms with Gasteiger partial charge >= 0.3 is 5.97 Å². The first-order valence-electron chi connectivity index (χ1n) is 8.81. The second-order valence-corrected chi connectivity index (χ2v) is 8.95. The van der Waals surface area contributed by atoms with Gasteiger partial charge in [-0.2, -0.15) is 0 Å². The fourth-order valence-electron chi connectivity index (χ4n) is 3.52. The summed E-state index contributed by atoms with van der Waals surface area (Å²) in [5.41, 5.74) is 4.84. The molecule has 1 fully saturated rings. The molecule has 5 nitrogen and oxygen atoms in total. The van der Waals surface area contributed by atoms with Gasteiger partial charge in [0.05, 0.1) is 24.2 Å². The van der Waals surface area contributed by atoms with E-state index in [1.165, 1.54) is 30.0 Å². The molecular formula is C19H24F2N2O3S. The van der Waals surface area contributed by atoms with E-state index in [0.717, 1.165) is 0 Å². The molecule has 27 heavy (non-hydrogen) atoms. The van der Waals surface area contributed by atoms with Crippen LogP contribution in [0.1, 0.15) is 32.8 Å². The van der Waals surface area contributed by atoms with E-state index in [0.29, 0.717) is 16.5 Å². The highest BCUT2D eigenvalue weighted by atomic mass is 32.2. The van der Waals surface area contributed by atoms with E-state index in [2.05, 4.69) is 0 Å². The fraction of sp³-hybridized carbons (Fsp3) is 0.579. The van der Waals surface area contributed by atoms with Gasteiger partial charge in [0.1, 0.15) is 23.6 Å². The first-order valence-corrected chi connectivity index (χ1v) is 9.79. The molecule has 0 unspecified atom stereocenters. The minimum absolute atomic E-state index is 0.0133. The monoisotopic (exact) mass is 398 g/mol. The number of nitrogens with two attached hydrogens (primary N) is 1. The van der Waals surface area contributed by atoms with E-state index in [-0.39, 0.29) is 24.5 Å². The van der Waals surface area contributed by atoms with E-state index in [1.807, 2.05) is 0 Å². The number of aliphatic imine (C=N–C) groups is 1. The van der Waals surface area contributed by atoms with E-state index in [1.54, 1.807) is 20.8 Å². The van der Waals surface area contributed by atoms with Gasteiger partial charge < -0.3 is 15.2 Å². The summed E-state index contributed by atoms with van der Waals surface area (Å²) in [5, 5.41) is 0.533. The highest BCUT2D eigenvalue weighted by Crippen LogP contribution is 2.49. The predicted molar refractivity (Wildman–Crippen MR) is 102 cm³/mol. The number of hydrogen-bond acceptors (Lipinski definition) is 6. The molecule has 0 radical (unpaired) electrons. The first-order chi connectivity index (χ1) is 12.6. The van der Waals surface area contributed by atoms with Crippen molar-refractivity contribution in [1.29, 1.82) is 0 Å². The number of benzene rings is 1. The van der Waals surface area contributed by atoms with Gasteiger partial charge in [-0.1, -0.05) is 0 Å². The molecule has 148 valence electrons. The number of alkyl halides is 1. The predicted octanol–water partition coefficient (Wildman–Crippen LogP) is 3.46. The smallest absolute Gasteiger partial charge is 0.312 e. The Morgan fingerprint density at radius 2 is 2.22 bits per heavy atom. The molecule has 2 aliphatic rings. The number of nitrogens with zero attached hydrogens (tertiary/aromatic N) is 1. The number of ether oxygens (including phenoxy) is 2.